The summed E-state index contributed by atoms with van der Waals surface area (Å²) in [6.07, 6.45) is 12.4. The van der Waals surface area contributed by atoms with E-state index in [2.05, 4.69) is 18.2 Å². The maximum absolute atomic E-state index is 12.2. The molecule has 7 unspecified atom stereocenters. The maximum Gasteiger partial charge on any atom is 0.306 e. The molecule has 0 bridgehead atoms. The van der Waals surface area contributed by atoms with Crippen molar-refractivity contribution in [1.82, 2.24) is 0 Å². The topological polar surface area (TPSA) is 58.9 Å². The van der Waals surface area contributed by atoms with Crippen molar-refractivity contribution in [3.63, 3.8) is 0 Å². The second-order valence-corrected chi connectivity index (χ2v) is 11.1. The van der Waals surface area contributed by atoms with Gasteiger partial charge in [0.25, 0.3) is 0 Å². The number of hydrogen-bond acceptors (Lipinski definition) is 4. The number of hydrogen-bond donors (Lipinski definition) is 1. The summed E-state index contributed by atoms with van der Waals surface area (Å²) in [5.74, 6) is 6.31. The number of carbonyl (C=O) groups excluding carboxylic acids is 1. The van der Waals surface area contributed by atoms with Gasteiger partial charge in [-0.2, -0.15) is 0 Å². The first kappa shape index (κ1) is 16.5. The van der Waals surface area contributed by atoms with Gasteiger partial charge in [0, 0.05) is 17.8 Å². The van der Waals surface area contributed by atoms with E-state index >= 15 is 0 Å². The fraction of sp³-hybridized carbons (Fsp3) is 0.833. The van der Waals surface area contributed by atoms with E-state index in [0.717, 1.165) is 54.1 Å². The Balaban J connectivity index is 1.31. The van der Waals surface area contributed by atoms with Crippen molar-refractivity contribution >= 4 is 11.7 Å². The third kappa shape index (κ3) is 1.68. The molecule has 1 saturated heterocycles. The largest absolute Gasteiger partial charge is 0.458 e. The summed E-state index contributed by atoms with van der Waals surface area (Å²) in [6, 6.07) is 0. The van der Waals surface area contributed by atoms with E-state index in [9.17, 15) is 10.0 Å². The quantitative estimate of drug-likeness (QED) is 0.411. The lowest BCUT2D eigenvalue weighted by molar-refractivity contribution is -0.179. The van der Waals surface area contributed by atoms with Crippen molar-refractivity contribution < 1.29 is 14.7 Å². The van der Waals surface area contributed by atoms with Gasteiger partial charge in [-0.3, -0.25) is 4.79 Å². The molecule has 0 radical (unpaired) electrons. The van der Waals surface area contributed by atoms with Crippen LogP contribution in [-0.4, -0.2) is 22.5 Å². The van der Waals surface area contributed by atoms with Crippen LogP contribution in [0.2, 0.25) is 0 Å². The molecule has 150 valence electrons. The fourth-order valence-corrected chi connectivity index (χ4v) is 9.88. The summed E-state index contributed by atoms with van der Waals surface area (Å²) in [5.41, 5.74) is 2.67. The smallest absolute Gasteiger partial charge is 0.306 e. The van der Waals surface area contributed by atoms with Gasteiger partial charge in [0.2, 0.25) is 0 Å². The van der Waals surface area contributed by atoms with Crippen molar-refractivity contribution in [2.75, 3.05) is 0 Å². The van der Waals surface area contributed by atoms with Crippen molar-refractivity contribution in [3.05, 3.63) is 11.6 Å². The third-order valence-corrected chi connectivity index (χ3v) is 10.7. The first-order chi connectivity index (χ1) is 13.6. The summed E-state index contributed by atoms with van der Waals surface area (Å²) in [7, 11) is 0. The van der Waals surface area contributed by atoms with Crippen LogP contribution in [-0.2, 0) is 9.53 Å². The second-order valence-electron chi connectivity index (χ2n) is 11.1. The Kier molecular flexibility index (Phi) is 2.97. The van der Waals surface area contributed by atoms with Gasteiger partial charge < -0.3 is 9.94 Å². The molecule has 28 heavy (non-hydrogen) atoms. The van der Waals surface area contributed by atoms with E-state index < -0.39 is 0 Å². The average Bonchev–Trinajstić information content (AvgIpc) is 3.63. The van der Waals surface area contributed by atoms with E-state index in [1.807, 2.05) is 0 Å². The predicted octanol–water partition coefficient (Wildman–Crippen LogP) is 4.57. The average molecular weight is 382 g/mol. The number of nitrogens with zero attached hydrogens (tertiary/aromatic N) is 1. The zero-order chi connectivity index (χ0) is 18.8. The van der Waals surface area contributed by atoms with Crippen LogP contribution in [0.15, 0.2) is 16.8 Å². The second kappa shape index (κ2) is 5.05. The Bertz CT molecular complexity index is 832. The van der Waals surface area contributed by atoms with Gasteiger partial charge in [-0.25, -0.2) is 0 Å². The van der Waals surface area contributed by atoms with Gasteiger partial charge in [0.15, 0.2) is 0 Å². The number of carbonyl (C=O) groups is 1. The van der Waals surface area contributed by atoms with Crippen LogP contribution in [0.3, 0.4) is 0 Å². The summed E-state index contributed by atoms with van der Waals surface area (Å²) in [4.78, 5) is 12.2. The van der Waals surface area contributed by atoms with Gasteiger partial charge >= 0.3 is 5.97 Å². The molecule has 4 nitrogen and oxygen atoms in total. The van der Waals surface area contributed by atoms with Gasteiger partial charge in [0.1, 0.15) is 5.60 Å². The highest BCUT2D eigenvalue weighted by molar-refractivity contribution is 5.96. The summed E-state index contributed by atoms with van der Waals surface area (Å²) < 4.78 is 6.30. The number of allylic oxidation sites excluding steroid dienone is 2. The summed E-state index contributed by atoms with van der Waals surface area (Å²) in [6.45, 7) is 2.38. The lowest BCUT2D eigenvalue weighted by Gasteiger charge is -2.58. The molecule has 0 amide bonds. The van der Waals surface area contributed by atoms with Gasteiger partial charge in [-0.05, 0) is 98.9 Å². The number of oxime groups is 1. The van der Waals surface area contributed by atoms with Gasteiger partial charge in [-0.1, -0.05) is 17.7 Å². The molecule has 0 aromatic carbocycles. The first-order valence-corrected chi connectivity index (χ1v) is 11.8. The lowest BCUT2D eigenvalue weighted by Crippen LogP contribution is -2.56. The van der Waals surface area contributed by atoms with Gasteiger partial charge in [0.05, 0.1) is 5.71 Å². The SMILES string of the molecule is CC[C@]12CCC3C(C4CC4C4=C/C(=N/O)CC[C@@H]43)C1C1CC1[C@@]21CCC(=O)O1. The van der Waals surface area contributed by atoms with Crippen LogP contribution in [0.25, 0.3) is 0 Å². The van der Waals surface area contributed by atoms with E-state index in [0.29, 0.717) is 18.3 Å². The number of rotatable bonds is 1. The van der Waals surface area contributed by atoms with E-state index in [-0.39, 0.29) is 17.0 Å². The molecular formula is C24H31NO3. The fourth-order valence-electron chi connectivity index (χ4n) is 9.88. The minimum Gasteiger partial charge on any atom is -0.458 e. The van der Waals surface area contributed by atoms with E-state index in [4.69, 9.17) is 4.74 Å². The Morgan fingerprint density at radius 1 is 1.14 bits per heavy atom. The lowest BCUT2D eigenvalue weighted by atomic mass is 9.47. The van der Waals surface area contributed by atoms with Crippen molar-refractivity contribution in [1.29, 1.82) is 0 Å². The zero-order valence-electron chi connectivity index (χ0n) is 16.8. The molecule has 1 N–H and O–H groups in total. The van der Waals surface area contributed by atoms with Crippen molar-refractivity contribution in [3.8, 4) is 0 Å². The normalized spacial score (nSPS) is 59.0. The monoisotopic (exact) mass is 381 g/mol. The molecule has 4 heteroatoms. The molecule has 10 atom stereocenters. The highest BCUT2D eigenvalue weighted by Crippen LogP contribution is 2.81. The van der Waals surface area contributed by atoms with Gasteiger partial charge in [-0.15, -0.1) is 0 Å². The molecule has 1 spiro atoms. The summed E-state index contributed by atoms with van der Waals surface area (Å²) in [5, 5.41) is 12.8. The van der Waals surface area contributed by atoms with Crippen LogP contribution in [0, 0.1) is 52.8 Å². The number of fused-ring (bicyclic) bond motifs is 12. The molecule has 0 aromatic rings. The molecule has 6 aliphatic carbocycles. The molecular weight excluding hydrogens is 350 g/mol. The Labute approximate surface area is 166 Å². The molecule has 1 heterocycles. The number of esters is 1. The molecule has 1 aliphatic heterocycles. The molecule has 6 fully saturated rings. The highest BCUT2D eigenvalue weighted by Gasteiger charge is 2.81. The first-order valence-electron chi connectivity index (χ1n) is 11.8. The number of ether oxygens (including phenoxy) is 1. The third-order valence-electron chi connectivity index (χ3n) is 10.7. The Morgan fingerprint density at radius 3 is 2.79 bits per heavy atom. The van der Waals surface area contributed by atoms with Crippen LogP contribution in [0.5, 0.6) is 0 Å². The standard InChI is InChI=1S/C24H31NO3/c1-2-23-7-5-14-13-4-3-12(25-27)9-15(13)16-10-17(16)21(14)22(23)18-11-19(18)24(23)8-6-20(26)28-24/h9,13-14,16-19,21-22,27H,2-8,10-11H2,1H3/b25-12+/t13-,14?,16?,17?,18?,19?,21?,22?,23+,24+/m1/s1. The minimum absolute atomic E-state index is 0.0718. The van der Waals surface area contributed by atoms with Crippen LogP contribution < -0.4 is 0 Å². The Hall–Kier alpha value is -1.32. The van der Waals surface area contributed by atoms with Crippen LogP contribution >= 0.6 is 0 Å². The molecule has 7 rings (SSSR count). The van der Waals surface area contributed by atoms with Crippen LogP contribution in [0.4, 0.5) is 0 Å². The molecule has 0 aromatic heterocycles. The van der Waals surface area contributed by atoms with E-state index in [1.165, 1.54) is 38.5 Å². The van der Waals surface area contributed by atoms with Crippen molar-refractivity contribution in [2.45, 2.75) is 70.3 Å². The zero-order valence-corrected chi connectivity index (χ0v) is 16.8. The predicted molar refractivity (Wildman–Crippen MR) is 104 cm³/mol. The maximum atomic E-state index is 12.2. The van der Waals surface area contributed by atoms with Crippen molar-refractivity contribution in [2.24, 2.45) is 57.9 Å². The van der Waals surface area contributed by atoms with E-state index in [1.54, 1.807) is 5.57 Å². The van der Waals surface area contributed by atoms with Crippen LogP contribution in [0.1, 0.15) is 64.7 Å². The highest BCUT2D eigenvalue weighted by atomic mass is 16.6. The molecule has 7 aliphatic rings. The minimum atomic E-state index is -0.108. The summed E-state index contributed by atoms with van der Waals surface area (Å²) >= 11 is 0. The Morgan fingerprint density at radius 2 is 2.04 bits per heavy atom. The molecule has 5 saturated carbocycles.